The van der Waals surface area contributed by atoms with Gasteiger partial charge in [0.15, 0.2) is 0 Å². The van der Waals surface area contributed by atoms with E-state index in [-0.39, 0.29) is 5.60 Å². The number of nitrogens with zero attached hydrogens (tertiary/aromatic N) is 3. The van der Waals surface area contributed by atoms with Crippen LogP contribution in [0.3, 0.4) is 0 Å². The highest BCUT2D eigenvalue weighted by Gasteiger charge is 2.28. The minimum Gasteiger partial charge on any atom is -0.375 e. The number of hydrogen-bond donors (Lipinski definition) is 1. The second-order valence-corrected chi connectivity index (χ2v) is 7.30. The van der Waals surface area contributed by atoms with Crippen LogP contribution < -0.4 is 5.32 Å². The first-order valence-corrected chi connectivity index (χ1v) is 7.95. The predicted molar refractivity (Wildman–Crippen MR) is 80.2 cm³/mol. The molecule has 3 rings (SSSR count). The first kappa shape index (κ1) is 14.0. The van der Waals surface area contributed by atoms with Crippen LogP contribution in [-0.2, 0) is 11.3 Å². The minimum atomic E-state index is -0.0189. The fraction of sp³-hybridized carbons (Fsp3) is 0.714. The second-order valence-electron chi connectivity index (χ2n) is 6.14. The molecule has 6 heteroatoms. The van der Waals surface area contributed by atoms with Crippen molar-refractivity contribution < 1.29 is 4.74 Å². The maximum atomic E-state index is 5.76. The number of aromatic nitrogens is 3. The number of rotatable bonds is 3. The highest BCUT2D eigenvalue weighted by Crippen LogP contribution is 2.24. The Bertz CT molecular complexity index is 616. The smallest absolute Gasteiger partial charge is 0.212 e. The van der Waals surface area contributed by atoms with Crippen molar-refractivity contribution in [2.24, 2.45) is 0 Å². The van der Waals surface area contributed by atoms with Gasteiger partial charge in [-0.1, -0.05) is 11.3 Å². The van der Waals surface area contributed by atoms with Crippen LogP contribution >= 0.6 is 11.3 Å². The molecule has 3 heterocycles. The summed E-state index contributed by atoms with van der Waals surface area (Å²) < 4.78 is 7.74. The molecule has 0 radical (unpaired) electrons. The fourth-order valence-electron chi connectivity index (χ4n) is 2.84. The van der Waals surface area contributed by atoms with E-state index in [2.05, 4.69) is 36.2 Å². The molecular formula is C14H22N4OS. The van der Waals surface area contributed by atoms with Gasteiger partial charge in [-0.3, -0.25) is 0 Å². The van der Waals surface area contributed by atoms with E-state index in [9.17, 15) is 0 Å². The summed E-state index contributed by atoms with van der Waals surface area (Å²) in [4.78, 5) is 5.57. The summed E-state index contributed by atoms with van der Waals surface area (Å²) in [5.74, 6) is 0. The van der Waals surface area contributed by atoms with E-state index in [0.717, 1.165) is 41.7 Å². The summed E-state index contributed by atoms with van der Waals surface area (Å²) in [6, 6.07) is 0.503. The summed E-state index contributed by atoms with van der Waals surface area (Å²) >= 11 is 1.64. The minimum absolute atomic E-state index is 0.0189. The molecule has 1 fully saturated rings. The molecule has 5 nitrogen and oxygen atoms in total. The molecule has 0 amide bonds. The molecular weight excluding hydrogens is 272 g/mol. The zero-order valence-corrected chi connectivity index (χ0v) is 13.4. The Labute approximate surface area is 123 Å². The first-order chi connectivity index (χ1) is 9.44. The van der Waals surface area contributed by atoms with Crippen molar-refractivity contribution in [2.75, 3.05) is 6.61 Å². The number of fused-ring (bicyclic) bond motifs is 1. The van der Waals surface area contributed by atoms with Gasteiger partial charge in [0.2, 0.25) is 4.96 Å². The lowest BCUT2D eigenvalue weighted by Crippen LogP contribution is -2.43. The average molecular weight is 294 g/mol. The van der Waals surface area contributed by atoms with Crippen molar-refractivity contribution in [3.05, 3.63) is 16.4 Å². The van der Waals surface area contributed by atoms with Crippen molar-refractivity contribution in [1.82, 2.24) is 19.9 Å². The third-order valence-corrected chi connectivity index (χ3v) is 4.68. The molecule has 0 bridgehead atoms. The van der Waals surface area contributed by atoms with Gasteiger partial charge in [0, 0.05) is 19.2 Å². The standard InChI is InChI=1S/C14H22N4OS/c1-9-12(18-13(16-9)20-10(2)17-18)8-15-11-5-6-19-14(3,4)7-11/h11,15H,5-8H2,1-4H3. The number of nitrogens with one attached hydrogen (secondary N) is 1. The Balaban J connectivity index is 1.72. The molecule has 0 saturated carbocycles. The van der Waals surface area contributed by atoms with Crippen molar-refractivity contribution in [3.8, 4) is 0 Å². The van der Waals surface area contributed by atoms with E-state index in [1.807, 2.05) is 11.4 Å². The molecule has 0 aliphatic carbocycles. The van der Waals surface area contributed by atoms with Gasteiger partial charge >= 0.3 is 0 Å². The van der Waals surface area contributed by atoms with Gasteiger partial charge in [0.1, 0.15) is 5.01 Å². The van der Waals surface area contributed by atoms with E-state index < -0.39 is 0 Å². The van der Waals surface area contributed by atoms with Crippen molar-refractivity contribution in [2.45, 2.75) is 58.7 Å². The highest BCUT2D eigenvalue weighted by atomic mass is 32.1. The average Bonchev–Trinajstić information content (AvgIpc) is 2.81. The lowest BCUT2D eigenvalue weighted by molar-refractivity contribution is -0.0631. The van der Waals surface area contributed by atoms with Gasteiger partial charge in [-0.15, -0.1) is 0 Å². The number of hydrogen-bond acceptors (Lipinski definition) is 5. The van der Waals surface area contributed by atoms with Gasteiger partial charge in [-0.05, 0) is 40.5 Å². The number of aryl methyl sites for hydroxylation is 2. The molecule has 1 atom stereocenters. The summed E-state index contributed by atoms with van der Waals surface area (Å²) in [7, 11) is 0. The summed E-state index contributed by atoms with van der Waals surface area (Å²) in [6.45, 7) is 10.0. The van der Waals surface area contributed by atoms with Gasteiger partial charge in [-0.2, -0.15) is 5.10 Å². The van der Waals surface area contributed by atoms with Crippen LogP contribution in [-0.4, -0.2) is 32.8 Å². The lowest BCUT2D eigenvalue weighted by atomic mass is 9.94. The molecule has 110 valence electrons. The molecule has 1 aliphatic heterocycles. The van der Waals surface area contributed by atoms with Gasteiger partial charge < -0.3 is 10.1 Å². The third-order valence-electron chi connectivity index (χ3n) is 3.85. The van der Waals surface area contributed by atoms with E-state index in [4.69, 9.17) is 4.74 Å². The molecule has 1 saturated heterocycles. The number of imidazole rings is 1. The largest absolute Gasteiger partial charge is 0.375 e. The van der Waals surface area contributed by atoms with Crippen LogP contribution in [0.1, 0.15) is 43.1 Å². The maximum Gasteiger partial charge on any atom is 0.212 e. The maximum absolute atomic E-state index is 5.76. The molecule has 1 unspecified atom stereocenters. The van der Waals surface area contributed by atoms with Crippen LogP contribution in [0, 0.1) is 13.8 Å². The Hall–Kier alpha value is -0.980. The van der Waals surface area contributed by atoms with Crippen LogP contribution in [0.4, 0.5) is 0 Å². The Kier molecular flexibility index (Phi) is 3.56. The molecule has 1 N–H and O–H groups in total. The number of ether oxygens (including phenoxy) is 1. The topological polar surface area (TPSA) is 51.5 Å². The lowest BCUT2D eigenvalue weighted by Gasteiger charge is -2.35. The summed E-state index contributed by atoms with van der Waals surface area (Å²) in [5, 5.41) is 9.24. The molecule has 0 spiro atoms. The monoisotopic (exact) mass is 294 g/mol. The van der Waals surface area contributed by atoms with Crippen LogP contribution in [0.2, 0.25) is 0 Å². The highest BCUT2D eigenvalue weighted by molar-refractivity contribution is 7.16. The first-order valence-electron chi connectivity index (χ1n) is 7.13. The van der Waals surface area contributed by atoms with Crippen LogP contribution in [0.15, 0.2) is 0 Å². The van der Waals surface area contributed by atoms with E-state index in [0.29, 0.717) is 6.04 Å². The van der Waals surface area contributed by atoms with Gasteiger partial charge in [-0.25, -0.2) is 9.50 Å². The molecule has 2 aromatic rings. The normalized spacial score (nSPS) is 22.5. The second kappa shape index (κ2) is 5.09. The van der Waals surface area contributed by atoms with Crippen molar-refractivity contribution in [1.29, 1.82) is 0 Å². The van der Waals surface area contributed by atoms with Gasteiger partial charge in [0.05, 0.1) is 17.0 Å². The van der Waals surface area contributed by atoms with Crippen molar-refractivity contribution in [3.63, 3.8) is 0 Å². The Morgan fingerprint density at radius 2 is 2.25 bits per heavy atom. The molecule has 0 aromatic carbocycles. The van der Waals surface area contributed by atoms with Crippen LogP contribution in [0.5, 0.6) is 0 Å². The molecule has 1 aliphatic rings. The SMILES string of the molecule is Cc1nn2c(CNC3CCOC(C)(C)C3)c(C)nc2s1. The molecule has 20 heavy (non-hydrogen) atoms. The third kappa shape index (κ3) is 2.73. The zero-order valence-electron chi connectivity index (χ0n) is 12.6. The summed E-state index contributed by atoms with van der Waals surface area (Å²) in [5.41, 5.74) is 2.23. The Morgan fingerprint density at radius 3 is 3.00 bits per heavy atom. The predicted octanol–water partition coefficient (Wildman–Crippen LogP) is 2.45. The van der Waals surface area contributed by atoms with E-state index >= 15 is 0 Å². The molecule has 2 aromatic heterocycles. The quantitative estimate of drug-likeness (QED) is 0.945. The van der Waals surface area contributed by atoms with Crippen molar-refractivity contribution >= 4 is 16.3 Å². The van der Waals surface area contributed by atoms with E-state index in [1.54, 1.807) is 11.3 Å². The van der Waals surface area contributed by atoms with Gasteiger partial charge in [0.25, 0.3) is 0 Å². The fourth-order valence-corrected chi connectivity index (χ4v) is 3.64. The van der Waals surface area contributed by atoms with Crippen LogP contribution in [0.25, 0.3) is 4.96 Å². The van der Waals surface area contributed by atoms with E-state index in [1.165, 1.54) is 5.69 Å². The zero-order chi connectivity index (χ0) is 14.3. The summed E-state index contributed by atoms with van der Waals surface area (Å²) in [6.07, 6.45) is 2.12. The Morgan fingerprint density at radius 1 is 1.45 bits per heavy atom.